The van der Waals surface area contributed by atoms with E-state index in [0.29, 0.717) is 29.0 Å². The van der Waals surface area contributed by atoms with E-state index in [1.807, 2.05) is 63.8 Å². The SMILES string of the molecule is Cc1ncsc1-c1ccc(C2(NC(=O)[C@@H]3C[C@@H](O)CN3C(=O)[C@@H](NC(=O)[C@H]3CC[C@H](N4CCC(c5cnc(N6C7CCC6CN(c6cc(-c8ccccc8O)nnc6N)C7)nc5)CC4)CC3)C(C)(C)C)CC2)cc1. The zero-order valence-corrected chi connectivity index (χ0v) is 43.8. The number of likely N-dealkylation sites (tertiary alicyclic amines) is 2. The summed E-state index contributed by atoms with van der Waals surface area (Å²) in [6, 6.07) is 16.5. The highest BCUT2D eigenvalue weighted by molar-refractivity contribution is 7.13. The van der Waals surface area contributed by atoms with Crippen LogP contribution in [0.15, 0.2) is 72.5 Å². The molecule has 2 bridgehead atoms. The van der Waals surface area contributed by atoms with Crippen LogP contribution in [0.25, 0.3) is 21.7 Å². The molecule has 4 aliphatic heterocycles. The van der Waals surface area contributed by atoms with Crippen molar-refractivity contribution >= 4 is 46.5 Å². The molecule has 3 amide bonds. The third kappa shape index (κ3) is 9.92. The van der Waals surface area contributed by atoms with Gasteiger partial charge in [-0.25, -0.2) is 15.0 Å². The van der Waals surface area contributed by atoms with E-state index in [4.69, 9.17) is 15.7 Å². The topological polar surface area (TPSA) is 219 Å². The molecule has 6 aliphatic rings. The number of nitrogens with zero attached hydrogens (tertiary/aromatic N) is 9. The van der Waals surface area contributed by atoms with Crippen LogP contribution in [0.3, 0.4) is 0 Å². The first-order chi connectivity index (χ1) is 35.6. The van der Waals surface area contributed by atoms with Gasteiger partial charge in [-0.05, 0) is 130 Å². The van der Waals surface area contributed by atoms with Crippen LogP contribution in [0, 0.1) is 18.3 Å². The largest absolute Gasteiger partial charge is 0.507 e. The average Bonchev–Trinajstić information content (AvgIpc) is 3.73. The molecule has 0 spiro atoms. The van der Waals surface area contributed by atoms with Crippen LogP contribution in [0.2, 0.25) is 0 Å². The Hall–Kier alpha value is -6.24. The summed E-state index contributed by atoms with van der Waals surface area (Å²) in [4.78, 5) is 66.9. The van der Waals surface area contributed by atoms with Crippen LogP contribution in [0.5, 0.6) is 5.75 Å². The molecule has 4 saturated heterocycles. The monoisotopic (exact) mass is 1020 g/mol. The highest BCUT2D eigenvalue weighted by atomic mass is 32.1. The number of aromatic hydroxyl groups is 1. The molecule has 3 aromatic heterocycles. The summed E-state index contributed by atoms with van der Waals surface area (Å²) < 4.78 is 0. The van der Waals surface area contributed by atoms with E-state index < -0.39 is 29.1 Å². The molecule has 7 heterocycles. The number of aryl methyl sites for hydroxylation is 1. The summed E-state index contributed by atoms with van der Waals surface area (Å²) in [5.41, 5.74) is 13.4. The first-order valence-corrected chi connectivity index (χ1v) is 27.6. The fraction of sp³-hybridized carbons (Fsp3) is 0.536. The van der Waals surface area contributed by atoms with Gasteiger partial charge in [0.25, 0.3) is 0 Å². The molecule has 0 radical (unpaired) electrons. The van der Waals surface area contributed by atoms with Gasteiger partial charge in [0.2, 0.25) is 23.7 Å². The van der Waals surface area contributed by atoms with E-state index >= 15 is 0 Å². The Kier molecular flexibility index (Phi) is 13.6. The zero-order chi connectivity index (χ0) is 51.5. The molecule has 390 valence electrons. The van der Waals surface area contributed by atoms with Crippen molar-refractivity contribution < 1.29 is 24.6 Å². The molecular weight excluding hydrogens is 953 g/mol. The number of para-hydroxylation sites is 1. The quantitative estimate of drug-likeness (QED) is 0.0896. The predicted octanol–water partition coefficient (Wildman–Crippen LogP) is 6.55. The summed E-state index contributed by atoms with van der Waals surface area (Å²) in [7, 11) is 0. The van der Waals surface area contributed by atoms with Gasteiger partial charge >= 0.3 is 0 Å². The number of aromatic nitrogens is 5. The van der Waals surface area contributed by atoms with Crippen LogP contribution in [-0.2, 0) is 19.9 Å². The number of β-amino-alcohol motifs (C(OH)–C–C–N with tert-alkyl or cyclic N) is 1. The Bertz CT molecular complexity index is 2840. The number of hydrogen-bond acceptors (Lipinski definition) is 15. The van der Waals surface area contributed by atoms with E-state index in [1.165, 1.54) is 10.5 Å². The average molecular weight is 1020 g/mol. The molecular formula is C56H70N12O5S. The Labute approximate surface area is 437 Å². The van der Waals surface area contributed by atoms with Crippen molar-refractivity contribution in [3.8, 4) is 27.4 Å². The zero-order valence-electron chi connectivity index (χ0n) is 43.0. The number of anilines is 3. The first-order valence-electron chi connectivity index (χ1n) is 26.7. The molecule has 6 fully saturated rings. The van der Waals surface area contributed by atoms with Crippen LogP contribution >= 0.6 is 11.3 Å². The standard InChI is InChI=1S/C56H70N12O5S/c1-33-48(74-32-60-33)35-9-13-38(14-10-35)56(21-22-56)62-52(72)46-25-42(69)31-67(46)53(73)49(55(2,3)4)61-51(71)36-11-15-39(16-12-36)65-23-19-34(20-24-65)37-27-58-54(59-28-37)68-40-17-18-41(68)30-66(29-40)45-26-44(63-64-50(45)57)43-7-5-6-8-47(43)70/h5-10,13-14,26-28,32,34,36,39-42,46,49,69-70H,11-12,15-25,29-31H2,1-4H3,(H2,57,64)(H,61,71)(H,62,72)/t36-,39-,40?,41?,42-,46+,49-/m1/s1. The number of fused-ring (bicyclic) bond motifs is 2. The third-order valence-corrected chi connectivity index (χ3v) is 18.1. The number of carbonyl (C=O) groups is 3. The number of phenolic OH excluding ortho intramolecular Hbond substituents is 1. The molecule has 5 aromatic rings. The number of aliphatic hydroxyl groups excluding tert-OH is 1. The first kappa shape index (κ1) is 49.9. The minimum absolute atomic E-state index is 0.0442. The maximum Gasteiger partial charge on any atom is 0.246 e. The number of nitrogen functional groups attached to an aromatic ring is 1. The number of thiazole rings is 1. The Morgan fingerprint density at radius 2 is 1.51 bits per heavy atom. The second-order valence-electron chi connectivity index (χ2n) is 23.0. The van der Waals surface area contributed by atoms with E-state index in [0.717, 1.165) is 124 Å². The van der Waals surface area contributed by atoms with Crippen LogP contribution in [-0.4, -0.2) is 132 Å². The van der Waals surface area contributed by atoms with Crippen LogP contribution < -0.4 is 26.2 Å². The number of amides is 3. The summed E-state index contributed by atoms with van der Waals surface area (Å²) in [5, 5.41) is 36.3. The maximum atomic E-state index is 14.5. The molecule has 74 heavy (non-hydrogen) atoms. The number of nitrogens with one attached hydrogen (secondary N) is 2. The molecule has 2 aromatic carbocycles. The molecule has 2 saturated carbocycles. The lowest BCUT2D eigenvalue weighted by molar-refractivity contribution is -0.145. The number of phenols is 1. The van der Waals surface area contributed by atoms with E-state index in [9.17, 15) is 24.6 Å². The number of nitrogens with two attached hydrogens (primary N) is 1. The third-order valence-electron chi connectivity index (χ3n) is 17.1. The van der Waals surface area contributed by atoms with E-state index in [2.05, 4.69) is 64.8 Å². The molecule has 2 aliphatic carbocycles. The van der Waals surface area contributed by atoms with Gasteiger partial charge < -0.3 is 46.2 Å². The highest BCUT2D eigenvalue weighted by Crippen LogP contribution is 2.47. The summed E-state index contributed by atoms with van der Waals surface area (Å²) in [6.07, 6.45) is 12.4. The second-order valence-corrected chi connectivity index (χ2v) is 23.8. The van der Waals surface area contributed by atoms with Crippen molar-refractivity contribution in [3.63, 3.8) is 0 Å². The highest BCUT2D eigenvalue weighted by Gasteiger charge is 2.51. The second kappa shape index (κ2) is 20.1. The van der Waals surface area contributed by atoms with Crippen LogP contribution in [0.1, 0.15) is 114 Å². The van der Waals surface area contributed by atoms with Gasteiger partial charge in [-0.2, -0.15) is 0 Å². The number of rotatable bonds is 12. The molecule has 11 rings (SSSR count). The summed E-state index contributed by atoms with van der Waals surface area (Å²) >= 11 is 1.61. The lowest BCUT2D eigenvalue weighted by Gasteiger charge is -2.42. The number of carbonyl (C=O) groups excluding carboxylic acids is 3. The lowest BCUT2D eigenvalue weighted by atomic mass is 9.81. The number of aliphatic hydroxyl groups is 1. The van der Waals surface area contributed by atoms with Crippen molar-refractivity contribution in [2.75, 3.05) is 48.3 Å². The van der Waals surface area contributed by atoms with Gasteiger partial charge in [-0.1, -0.05) is 57.2 Å². The van der Waals surface area contributed by atoms with Crippen molar-refractivity contribution in [3.05, 3.63) is 89.3 Å². The van der Waals surface area contributed by atoms with Gasteiger partial charge in [-0.3, -0.25) is 14.4 Å². The van der Waals surface area contributed by atoms with E-state index in [1.54, 1.807) is 23.5 Å². The summed E-state index contributed by atoms with van der Waals surface area (Å²) in [6.45, 7) is 11.4. The van der Waals surface area contributed by atoms with Crippen molar-refractivity contribution in [2.24, 2.45) is 11.3 Å². The van der Waals surface area contributed by atoms with Crippen LogP contribution in [0.4, 0.5) is 17.5 Å². The molecule has 5 atom stereocenters. The fourth-order valence-electron chi connectivity index (χ4n) is 12.7. The van der Waals surface area contributed by atoms with Crippen molar-refractivity contribution in [1.82, 2.24) is 45.6 Å². The lowest BCUT2D eigenvalue weighted by Crippen LogP contribution is -2.59. The van der Waals surface area contributed by atoms with Gasteiger partial charge in [-0.15, -0.1) is 21.5 Å². The number of piperidine rings is 1. The minimum Gasteiger partial charge on any atom is -0.507 e. The molecule has 18 heteroatoms. The predicted molar refractivity (Wildman–Crippen MR) is 285 cm³/mol. The summed E-state index contributed by atoms with van der Waals surface area (Å²) in [5.74, 6) is 0.779. The fourth-order valence-corrected chi connectivity index (χ4v) is 13.5. The number of piperazine rings is 1. The Balaban J connectivity index is 0.653. The van der Waals surface area contributed by atoms with Gasteiger partial charge in [0, 0.05) is 68.1 Å². The molecule has 17 nitrogen and oxygen atoms in total. The number of hydrogen-bond donors (Lipinski definition) is 5. The Morgan fingerprint density at radius 3 is 2.15 bits per heavy atom. The normalized spacial score (nSPS) is 25.4. The van der Waals surface area contributed by atoms with Crippen molar-refractivity contribution in [2.45, 2.75) is 146 Å². The van der Waals surface area contributed by atoms with Gasteiger partial charge in [0.1, 0.15) is 17.8 Å². The molecule has 6 N–H and O–H groups in total. The van der Waals surface area contributed by atoms with E-state index in [-0.39, 0.29) is 54.4 Å². The smallest absolute Gasteiger partial charge is 0.246 e. The van der Waals surface area contributed by atoms with Gasteiger partial charge in [0.05, 0.1) is 39.1 Å². The molecule has 2 unspecified atom stereocenters. The maximum absolute atomic E-state index is 14.5. The number of benzene rings is 2. The van der Waals surface area contributed by atoms with Crippen molar-refractivity contribution in [1.29, 1.82) is 0 Å². The Morgan fingerprint density at radius 1 is 0.838 bits per heavy atom. The minimum atomic E-state index is -0.856. The van der Waals surface area contributed by atoms with Gasteiger partial charge in [0.15, 0.2) is 5.82 Å².